The molecule has 0 saturated heterocycles. The molecule has 2 amide bonds. The molecule has 0 radical (unpaired) electrons. The third-order valence-corrected chi connectivity index (χ3v) is 3.30. The van der Waals surface area contributed by atoms with Crippen LogP contribution in [0.2, 0.25) is 5.02 Å². The molecule has 114 valence electrons. The molecule has 0 atom stereocenters. The van der Waals surface area contributed by atoms with Gasteiger partial charge in [-0.2, -0.15) is 0 Å². The predicted molar refractivity (Wildman–Crippen MR) is 86.6 cm³/mol. The quantitative estimate of drug-likeness (QED) is 0.890. The van der Waals surface area contributed by atoms with Crippen molar-refractivity contribution in [3.63, 3.8) is 0 Å². The normalized spacial score (nSPS) is 9.95. The van der Waals surface area contributed by atoms with Crippen LogP contribution in [-0.2, 0) is 4.79 Å². The van der Waals surface area contributed by atoms with Gasteiger partial charge in [0.25, 0.3) is 0 Å². The second-order valence-electron chi connectivity index (χ2n) is 4.63. The molecule has 2 aromatic rings. The molecule has 0 saturated carbocycles. The Kier molecular flexibility index (Phi) is 5.01. The fraction of sp³-hybridized carbons (Fsp3) is 0.125. The highest BCUT2D eigenvalue weighted by Gasteiger charge is 2.08. The maximum atomic E-state index is 11.9. The second kappa shape index (κ2) is 6.95. The van der Waals surface area contributed by atoms with Gasteiger partial charge in [-0.25, -0.2) is 4.79 Å². The molecule has 2 N–H and O–H groups in total. The first kappa shape index (κ1) is 15.9. The summed E-state index contributed by atoms with van der Waals surface area (Å²) in [6.45, 7) is 3.23. The molecule has 0 aromatic heterocycles. The topological polar surface area (TPSA) is 67.4 Å². The van der Waals surface area contributed by atoms with Gasteiger partial charge in [0.2, 0.25) is 5.91 Å². The third kappa shape index (κ3) is 4.23. The molecule has 0 bridgehead atoms. The first-order valence-corrected chi connectivity index (χ1v) is 6.95. The molecule has 0 aliphatic carbocycles. The lowest BCUT2D eigenvalue weighted by atomic mass is 10.2. The SMILES string of the molecule is CC(=O)Nc1ccc(OC(=O)Nc2cccc(Cl)c2C)cc1. The second-order valence-corrected chi connectivity index (χ2v) is 5.04. The standard InChI is InChI=1S/C16H15ClN2O3/c1-10-14(17)4-3-5-15(10)19-16(21)22-13-8-6-12(7-9-13)18-11(2)20/h3-9H,1-2H3,(H,18,20)(H,19,21). The van der Waals surface area contributed by atoms with Crippen LogP contribution in [0.15, 0.2) is 42.5 Å². The number of benzene rings is 2. The number of ether oxygens (including phenoxy) is 1. The van der Waals surface area contributed by atoms with Gasteiger partial charge in [-0.3, -0.25) is 10.1 Å². The van der Waals surface area contributed by atoms with Crippen LogP contribution in [0.4, 0.5) is 16.2 Å². The van der Waals surface area contributed by atoms with Crippen molar-refractivity contribution in [1.82, 2.24) is 0 Å². The summed E-state index contributed by atoms with van der Waals surface area (Å²) in [4.78, 5) is 22.8. The smallest absolute Gasteiger partial charge is 0.410 e. The van der Waals surface area contributed by atoms with E-state index in [0.29, 0.717) is 22.1 Å². The number of nitrogens with one attached hydrogen (secondary N) is 2. The van der Waals surface area contributed by atoms with E-state index in [0.717, 1.165) is 5.56 Å². The van der Waals surface area contributed by atoms with Crippen molar-refractivity contribution < 1.29 is 14.3 Å². The zero-order valence-corrected chi connectivity index (χ0v) is 12.9. The number of rotatable bonds is 3. The van der Waals surface area contributed by atoms with Crippen molar-refractivity contribution in [2.45, 2.75) is 13.8 Å². The Hall–Kier alpha value is -2.53. The monoisotopic (exact) mass is 318 g/mol. The van der Waals surface area contributed by atoms with Gasteiger partial charge in [-0.1, -0.05) is 17.7 Å². The highest BCUT2D eigenvalue weighted by molar-refractivity contribution is 6.31. The Balaban J connectivity index is 2.00. The summed E-state index contributed by atoms with van der Waals surface area (Å²) >= 11 is 5.99. The molecule has 0 aliphatic rings. The average molecular weight is 319 g/mol. The Bertz CT molecular complexity index is 699. The third-order valence-electron chi connectivity index (χ3n) is 2.89. The Labute approximate surface area is 133 Å². The molecule has 0 unspecified atom stereocenters. The lowest BCUT2D eigenvalue weighted by Crippen LogP contribution is -2.17. The first-order chi connectivity index (χ1) is 10.5. The van der Waals surface area contributed by atoms with Crippen molar-refractivity contribution >= 4 is 35.0 Å². The zero-order valence-electron chi connectivity index (χ0n) is 12.1. The van der Waals surface area contributed by atoms with Crippen LogP contribution < -0.4 is 15.4 Å². The van der Waals surface area contributed by atoms with E-state index in [-0.39, 0.29) is 5.91 Å². The van der Waals surface area contributed by atoms with E-state index in [1.165, 1.54) is 6.92 Å². The number of halogens is 1. The molecular formula is C16H15ClN2O3. The van der Waals surface area contributed by atoms with E-state index in [4.69, 9.17) is 16.3 Å². The lowest BCUT2D eigenvalue weighted by Gasteiger charge is -2.10. The van der Waals surface area contributed by atoms with Gasteiger partial charge in [0.1, 0.15) is 5.75 Å². The summed E-state index contributed by atoms with van der Waals surface area (Å²) in [5.74, 6) is 0.203. The number of carbonyl (C=O) groups is 2. The van der Waals surface area contributed by atoms with Crippen molar-refractivity contribution in [2.24, 2.45) is 0 Å². The van der Waals surface area contributed by atoms with E-state index in [2.05, 4.69) is 10.6 Å². The van der Waals surface area contributed by atoms with Crippen molar-refractivity contribution in [1.29, 1.82) is 0 Å². The molecule has 5 nitrogen and oxygen atoms in total. The average Bonchev–Trinajstić information content (AvgIpc) is 2.45. The molecular weight excluding hydrogens is 304 g/mol. The van der Waals surface area contributed by atoms with Gasteiger partial charge in [-0.15, -0.1) is 0 Å². The molecule has 6 heteroatoms. The van der Waals surface area contributed by atoms with Crippen LogP contribution in [0.1, 0.15) is 12.5 Å². The molecule has 22 heavy (non-hydrogen) atoms. The number of carbonyl (C=O) groups excluding carboxylic acids is 2. The van der Waals surface area contributed by atoms with Crippen LogP contribution in [-0.4, -0.2) is 12.0 Å². The summed E-state index contributed by atoms with van der Waals surface area (Å²) in [5.41, 5.74) is 1.99. The van der Waals surface area contributed by atoms with Gasteiger partial charge in [0.15, 0.2) is 0 Å². The maximum absolute atomic E-state index is 11.9. The minimum Gasteiger partial charge on any atom is -0.410 e. The summed E-state index contributed by atoms with van der Waals surface area (Å²) < 4.78 is 5.17. The van der Waals surface area contributed by atoms with E-state index < -0.39 is 6.09 Å². The molecule has 2 rings (SSSR count). The summed E-state index contributed by atoms with van der Waals surface area (Å²) in [7, 11) is 0. The van der Waals surface area contributed by atoms with Crippen LogP contribution in [0.5, 0.6) is 5.75 Å². The number of amides is 2. The van der Waals surface area contributed by atoms with Crippen LogP contribution in [0.25, 0.3) is 0 Å². The summed E-state index contributed by atoms with van der Waals surface area (Å²) in [6.07, 6.45) is -0.613. The van der Waals surface area contributed by atoms with Gasteiger partial charge >= 0.3 is 6.09 Å². The number of anilines is 2. The highest BCUT2D eigenvalue weighted by atomic mass is 35.5. The summed E-state index contributed by atoms with van der Waals surface area (Å²) in [6, 6.07) is 11.7. The van der Waals surface area contributed by atoms with Gasteiger partial charge in [-0.05, 0) is 48.9 Å². The van der Waals surface area contributed by atoms with Gasteiger partial charge in [0, 0.05) is 23.3 Å². The van der Waals surface area contributed by atoms with Crippen LogP contribution in [0.3, 0.4) is 0 Å². The van der Waals surface area contributed by atoms with E-state index in [1.807, 2.05) is 0 Å². The van der Waals surface area contributed by atoms with Crippen molar-refractivity contribution in [2.75, 3.05) is 10.6 Å². The highest BCUT2D eigenvalue weighted by Crippen LogP contribution is 2.23. The van der Waals surface area contributed by atoms with Gasteiger partial charge in [0.05, 0.1) is 0 Å². The first-order valence-electron chi connectivity index (χ1n) is 6.57. The number of hydrogen-bond acceptors (Lipinski definition) is 3. The fourth-order valence-corrected chi connectivity index (χ4v) is 1.97. The largest absolute Gasteiger partial charge is 0.417 e. The number of hydrogen-bond donors (Lipinski definition) is 2. The minimum atomic E-state index is -0.613. The van der Waals surface area contributed by atoms with Crippen LogP contribution >= 0.6 is 11.6 Å². The van der Waals surface area contributed by atoms with E-state index >= 15 is 0 Å². The van der Waals surface area contributed by atoms with E-state index in [1.54, 1.807) is 49.4 Å². The summed E-state index contributed by atoms with van der Waals surface area (Å²) in [5, 5.41) is 5.83. The fourth-order valence-electron chi connectivity index (χ4n) is 1.79. The van der Waals surface area contributed by atoms with Crippen LogP contribution in [0, 0.1) is 6.92 Å². The molecule has 0 spiro atoms. The molecule has 0 aliphatic heterocycles. The zero-order chi connectivity index (χ0) is 16.1. The minimum absolute atomic E-state index is 0.164. The van der Waals surface area contributed by atoms with Gasteiger partial charge < -0.3 is 10.1 Å². The molecule has 0 heterocycles. The van der Waals surface area contributed by atoms with Crippen molar-refractivity contribution in [3.8, 4) is 5.75 Å². The van der Waals surface area contributed by atoms with E-state index in [9.17, 15) is 9.59 Å². The Morgan fingerprint density at radius 2 is 1.73 bits per heavy atom. The molecule has 2 aromatic carbocycles. The molecule has 0 fully saturated rings. The maximum Gasteiger partial charge on any atom is 0.417 e. The predicted octanol–water partition coefficient (Wildman–Crippen LogP) is 4.22. The Morgan fingerprint density at radius 1 is 1.05 bits per heavy atom. The lowest BCUT2D eigenvalue weighted by molar-refractivity contribution is -0.114. The Morgan fingerprint density at radius 3 is 2.36 bits per heavy atom. The van der Waals surface area contributed by atoms with Crippen molar-refractivity contribution in [3.05, 3.63) is 53.1 Å².